The molecule has 138 valence electrons. The van der Waals surface area contributed by atoms with E-state index in [0.717, 1.165) is 45.9 Å². The standard InChI is InChI=1S/C20H19BrN4OS/c21-15-5-7-16(8-6-15)22-20(26)14-3-1-11-25(13-14)19-10-9-17(23-24-19)18-4-2-12-27-18/h2,4-10,12,14H,1,3,11,13H2,(H,22,26). The van der Waals surface area contributed by atoms with Gasteiger partial charge in [0.15, 0.2) is 5.82 Å². The average Bonchev–Trinajstić information content (AvgIpc) is 3.25. The fourth-order valence-corrected chi connectivity index (χ4v) is 4.18. The molecule has 4 rings (SSSR count). The molecule has 1 saturated heterocycles. The molecule has 27 heavy (non-hydrogen) atoms. The molecule has 1 aliphatic rings. The van der Waals surface area contributed by atoms with Gasteiger partial charge in [-0.25, -0.2) is 0 Å². The van der Waals surface area contributed by atoms with Crippen LogP contribution in [0.15, 0.2) is 58.4 Å². The smallest absolute Gasteiger partial charge is 0.229 e. The normalized spacial score (nSPS) is 16.9. The summed E-state index contributed by atoms with van der Waals surface area (Å²) in [6, 6.07) is 15.7. The van der Waals surface area contributed by atoms with Gasteiger partial charge in [-0.1, -0.05) is 22.0 Å². The molecule has 5 nitrogen and oxygen atoms in total. The molecule has 0 spiro atoms. The van der Waals surface area contributed by atoms with Gasteiger partial charge in [-0.15, -0.1) is 21.5 Å². The summed E-state index contributed by atoms with van der Waals surface area (Å²) in [6.45, 7) is 1.56. The number of anilines is 2. The molecule has 1 atom stereocenters. The van der Waals surface area contributed by atoms with Crippen molar-refractivity contribution < 1.29 is 4.79 Å². The number of amides is 1. The van der Waals surface area contributed by atoms with Crippen LogP contribution in [0.5, 0.6) is 0 Å². The second-order valence-electron chi connectivity index (χ2n) is 6.54. The Hall–Kier alpha value is -2.25. The van der Waals surface area contributed by atoms with Gasteiger partial charge in [0.25, 0.3) is 0 Å². The minimum Gasteiger partial charge on any atom is -0.354 e. The van der Waals surface area contributed by atoms with Crippen molar-refractivity contribution in [2.75, 3.05) is 23.3 Å². The summed E-state index contributed by atoms with van der Waals surface area (Å²) in [4.78, 5) is 15.9. The highest BCUT2D eigenvalue weighted by molar-refractivity contribution is 9.10. The molecule has 0 aliphatic carbocycles. The number of carbonyl (C=O) groups is 1. The van der Waals surface area contributed by atoms with Crippen LogP contribution in [0.2, 0.25) is 0 Å². The van der Waals surface area contributed by atoms with Crippen LogP contribution in [-0.4, -0.2) is 29.2 Å². The summed E-state index contributed by atoms with van der Waals surface area (Å²) < 4.78 is 0.994. The lowest BCUT2D eigenvalue weighted by molar-refractivity contribution is -0.120. The zero-order chi connectivity index (χ0) is 18.6. The minimum atomic E-state index is -0.0545. The number of carbonyl (C=O) groups excluding carboxylic acids is 1. The highest BCUT2D eigenvalue weighted by Gasteiger charge is 2.26. The van der Waals surface area contributed by atoms with E-state index in [0.29, 0.717) is 6.54 Å². The summed E-state index contributed by atoms with van der Waals surface area (Å²) in [5.41, 5.74) is 1.70. The first-order chi connectivity index (χ1) is 13.2. The second-order valence-corrected chi connectivity index (χ2v) is 8.40. The number of halogens is 1. The van der Waals surface area contributed by atoms with Crippen molar-refractivity contribution in [3.05, 3.63) is 58.4 Å². The maximum absolute atomic E-state index is 12.7. The molecular formula is C20H19BrN4OS. The van der Waals surface area contributed by atoms with Gasteiger partial charge in [0.2, 0.25) is 5.91 Å². The number of piperidine rings is 1. The lowest BCUT2D eigenvalue weighted by atomic mass is 9.97. The highest BCUT2D eigenvalue weighted by atomic mass is 79.9. The van der Waals surface area contributed by atoms with Crippen molar-refractivity contribution in [1.82, 2.24) is 10.2 Å². The molecule has 1 unspecified atom stereocenters. The lowest BCUT2D eigenvalue weighted by Gasteiger charge is -2.32. The Kier molecular flexibility index (Phi) is 5.50. The van der Waals surface area contributed by atoms with Crippen LogP contribution in [0, 0.1) is 5.92 Å². The van der Waals surface area contributed by atoms with E-state index in [1.807, 2.05) is 53.9 Å². The third-order valence-electron chi connectivity index (χ3n) is 4.65. The fourth-order valence-electron chi connectivity index (χ4n) is 3.23. The maximum Gasteiger partial charge on any atom is 0.229 e. The number of hydrogen-bond acceptors (Lipinski definition) is 5. The molecular weight excluding hydrogens is 424 g/mol. The average molecular weight is 443 g/mol. The summed E-state index contributed by atoms with van der Waals surface area (Å²) in [7, 11) is 0. The van der Waals surface area contributed by atoms with Gasteiger partial charge in [0, 0.05) is 23.2 Å². The predicted octanol–water partition coefficient (Wildman–Crippen LogP) is 4.82. The SMILES string of the molecule is O=C(Nc1ccc(Br)cc1)C1CCCN(c2ccc(-c3cccs3)nn2)C1. The first-order valence-electron chi connectivity index (χ1n) is 8.88. The summed E-state index contributed by atoms with van der Waals surface area (Å²) in [5.74, 6) is 0.836. The van der Waals surface area contributed by atoms with E-state index in [2.05, 4.69) is 36.3 Å². The monoisotopic (exact) mass is 442 g/mol. The Balaban J connectivity index is 1.41. The van der Waals surface area contributed by atoms with Gasteiger partial charge in [0.1, 0.15) is 5.69 Å². The van der Waals surface area contributed by atoms with Crippen LogP contribution in [-0.2, 0) is 4.79 Å². The third kappa shape index (κ3) is 4.36. The minimum absolute atomic E-state index is 0.0545. The first-order valence-corrected chi connectivity index (χ1v) is 10.6. The van der Waals surface area contributed by atoms with Crippen molar-refractivity contribution in [3.63, 3.8) is 0 Å². The molecule has 2 aromatic heterocycles. The molecule has 1 amide bonds. The van der Waals surface area contributed by atoms with Gasteiger partial charge >= 0.3 is 0 Å². The molecule has 1 fully saturated rings. The van der Waals surface area contributed by atoms with Crippen molar-refractivity contribution in [3.8, 4) is 10.6 Å². The topological polar surface area (TPSA) is 58.1 Å². The lowest BCUT2D eigenvalue weighted by Crippen LogP contribution is -2.41. The summed E-state index contributed by atoms with van der Waals surface area (Å²) in [5, 5.41) is 13.8. The highest BCUT2D eigenvalue weighted by Crippen LogP contribution is 2.26. The molecule has 1 aromatic carbocycles. The van der Waals surface area contributed by atoms with E-state index in [9.17, 15) is 4.79 Å². The van der Waals surface area contributed by atoms with E-state index in [-0.39, 0.29) is 11.8 Å². The van der Waals surface area contributed by atoms with Gasteiger partial charge in [-0.05, 0) is 60.7 Å². The summed E-state index contributed by atoms with van der Waals surface area (Å²) in [6.07, 6.45) is 1.85. The zero-order valence-corrected chi connectivity index (χ0v) is 17.0. The fraction of sp³-hybridized carbons (Fsp3) is 0.250. The number of nitrogens with zero attached hydrogens (tertiary/aromatic N) is 3. The summed E-state index contributed by atoms with van der Waals surface area (Å²) >= 11 is 5.06. The van der Waals surface area contributed by atoms with Gasteiger partial charge < -0.3 is 10.2 Å². The Morgan fingerprint density at radius 1 is 1.15 bits per heavy atom. The van der Waals surface area contributed by atoms with Crippen LogP contribution >= 0.6 is 27.3 Å². The third-order valence-corrected chi connectivity index (χ3v) is 6.07. The van der Waals surface area contributed by atoms with E-state index < -0.39 is 0 Å². The van der Waals surface area contributed by atoms with E-state index in [1.165, 1.54) is 0 Å². The number of hydrogen-bond donors (Lipinski definition) is 1. The second kappa shape index (κ2) is 8.19. The Morgan fingerprint density at radius 2 is 2.00 bits per heavy atom. The quantitative estimate of drug-likeness (QED) is 0.628. The number of nitrogens with one attached hydrogen (secondary N) is 1. The van der Waals surface area contributed by atoms with Crippen LogP contribution in [0.4, 0.5) is 11.5 Å². The molecule has 1 N–H and O–H groups in total. The molecule has 1 aliphatic heterocycles. The number of thiophene rings is 1. The van der Waals surface area contributed by atoms with Crippen molar-refractivity contribution in [1.29, 1.82) is 0 Å². The van der Waals surface area contributed by atoms with Crippen LogP contribution in [0.3, 0.4) is 0 Å². The molecule has 0 bridgehead atoms. The first kappa shape index (κ1) is 18.1. The number of benzene rings is 1. The molecule has 0 radical (unpaired) electrons. The van der Waals surface area contributed by atoms with E-state index in [1.54, 1.807) is 11.3 Å². The van der Waals surface area contributed by atoms with Gasteiger partial charge in [-0.2, -0.15) is 0 Å². The van der Waals surface area contributed by atoms with Crippen molar-refractivity contribution in [2.45, 2.75) is 12.8 Å². The molecule has 0 saturated carbocycles. The maximum atomic E-state index is 12.7. The van der Waals surface area contributed by atoms with Crippen LogP contribution in [0.1, 0.15) is 12.8 Å². The number of aromatic nitrogens is 2. The largest absolute Gasteiger partial charge is 0.354 e. The predicted molar refractivity (Wildman–Crippen MR) is 113 cm³/mol. The van der Waals surface area contributed by atoms with Gasteiger partial charge in [-0.3, -0.25) is 4.79 Å². The Labute approximate surface area is 170 Å². The van der Waals surface area contributed by atoms with Gasteiger partial charge in [0.05, 0.1) is 10.8 Å². The van der Waals surface area contributed by atoms with Crippen LogP contribution < -0.4 is 10.2 Å². The Bertz CT molecular complexity index is 897. The van der Waals surface area contributed by atoms with Crippen LogP contribution in [0.25, 0.3) is 10.6 Å². The molecule has 3 heterocycles. The van der Waals surface area contributed by atoms with Crippen molar-refractivity contribution >= 4 is 44.7 Å². The van der Waals surface area contributed by atoms with E-state index >= 15 is 0 Å². The van der Waals surface area contributed by atoms with Crippen molar-refractivity contribution in [2.24, 2.45) is 5.92 Å². The van der Waals surface area contributed by atoms with E-state index in [4.69, 9.17) is 0 Å². The zero-order valence-electron chi connectivity index (χ0n) is 14.6. The molecule has 3 aromatic rings. The Morgan fingerprint density at radius 3 is 2.70 bits per heavy atom. The number of rotatable bonds is 4. The molecule has 7 heteroatoms.